The molecule has 2 aromatic rings. The van der Waals surface area contributed by atoms with Gasteiger partial charge in [0.25, 0.3) is 0 Å². The predicted octanol–water partition coefficient (Wildman–Crippen LogP) is 1.81. The van der Waals surface area contributed by atoms with E-state index in [4.69, 9.17) is 4.74 Å². The fourth-order valence-corrected chi connectivity index (χ4v) is 3.01. The molecule has 1 aliphatic heterocycles. The van der Waals surface area contributed by atoms with E-state index in [1.807, 2.05) is 47.0 Å². The highest BCUT2D eigenvalue weighted by atomic mass is 16.5. The molecule has 0 bridgehead atoms. The minimum absolute atomic E-state index is 0.00931. The van der Waals surface area contributed by atoms with Crippen LogP contribution in [0.25, 0.3) is 0 Å². The largest absolute Gasteiger partial charge is 0.497 e. The van der Waals surface area contributed by atoms with Gasteiger partial charge in [-0.05, 0) is 25.1 Å². The molecule has 7 nitrogen and oxygen atoms in total. The van der Waals surface area contributed by atoms with Gasteiger partial charge in [0.05, 0.1) is 13.7 Å². The molecular weight excluding hydrogens is 318 g/mol. The molecule has 0 aliphatic carbocycles. The van der Waals surface area contributed by atoms with E-state index in [-0.39, 0.29) is 12.1 Å². The summed E-state index contributed by atoms with van der Waals surface area (Å²) in [6.45, 7) is 5.70. The summed E-state index contributed by atoms with van der Waals surface area (Å²) >= 11 is 0. The maximum absolute atomic E-state index is 12.4. The van der Waals surface area contributed by atoms with Crippen LogP contribution in [0.5, 0.6) is 5.75 Å². The number of ether oxygens (including phenoxy) is 1. The van der Waals surface area contributed by atoms with Crippen molar-refractivity contribution in [3.05, 3.63) is 42.7 Å². The van der Waals surface area contributed by atoms with Gasteiger partial charge in [-0.3, -0.25) is 4.68 Å². The van der Waals surface area contributed by atoms with Crippen LogP contribution in [0.3, 0.4) is 0 Å². The van der Waals surface area contributed by atoms with Crippen LogP contribution in [0.4, 0.5) is 10.5 Å². The Balaban J connectivity index is 1.48. The van der Waals surface area contributed by atoms with Crippen LogP contribution in [0.2, 0.25) is 0 Å². The number of amides is 2. The maximum Gasteiger partial charge on any atom is 0.317 e. The lowest BCUT2D eigenvalue weighted by atomic mass is 10.2. The number of nitrogens with zero attached hydrogens (tertiary/aromatic N) is 4. The Morgan fingerprint density at radius 3 is 2.76 bits per heavy atom. The minimum atomic E-state index is -0.00931. The SMILES string of the molecule is COc1cccc(N2CCN(C(=O)N[C@@H](C)Cn3cccn3)CC2)c1. The molecule has 25 heavy (non-hydrogen) atoms. The number of benzene rings is 1. The third-order valence-electron chi connectivity index (χ3n) is 4.38. The second kappa shape index (κ2) is 7.92. The van der Waals surface area contributed by atoms with Crippen molar-refractivity contribution in [3.8, 4) is 5.75 Å². The summed E-state index contributed by atoms with van der Waals surface area (Å²) in [6, 6.07) is 9.94. The van der Waals surface area contributed by atoms with E-state index in [9.17, 15) is 4.79 Å². The van der Waals surface area contributed by atoms with Gasteiger partial charge < -0.3 is 19.9 Å². The highest BCUT2D eigenvalue weighted by Crippen LogP contribution is 2.22. The molecule has 0 saturated carbocycles. The van der Waals surface area contributed by atoms with Crippen molar-refractivity contribution in [3.63, 3.8) is 0 Å². The average molecular weight is 343 g/mol. The van der Waals surface area contributed by atoms with Crippen LogP contribution in [-0.4, -0.2) is 60.0 Å². The molecule has 3 rings (SSSR count). The van der Waals surface area contributed by atoms with Crippen LogP contribution in [-0.2, 0) is 6.54 Å². The van der Waals surface area contributed by atoms with E-state index in [0.29, 0.717) is 19.6 Å². The smallest absolute Gasteiger partial charge is 0.317 e. The van der Waals surface area contributed by atoms with Crippen molar-refractivity contribution in [2.24, 2.45) is 0 Å². The van der Waals surface area contributed by atoms with Crippen LogP contribution >= 0.6 is 0 Å². The molecule has 1 saturated heterocycles. The lowest BCUT2D eigenvalue weighted by Gasteiger charge is -2.36. The number of rotatable bonds is 5. The molecule has 1 atom stereocenters. The summed E-state index contributed by atoms with van der Waals surface area (Å²) in [5, 5.41) is 7.22. The monoisotopic (exact) mass is 343 g/mol. The van der Waals surface area contributed by atoms with Gasteiger partial charge in [-0.25, -0.2) is 4.79 Å². The van der Waals surface area contributed by atoms with Crippen molar-refractivity contribution in [2.45, 2.75) is 19.5 Å². The fourth-order valence-electron chi connectivity index (χ4n) is 3.01. The molecule has 1 aromatic carbocycles. The summed E-state index contributed by atoms with van der Waals surface area (Å²) in [5.41, 5.74) is 1.13. The second-order valence-electron chi connectivity index (χ2n) is 6.25. The molecular formula is C18H25N5O2. The fraction of sp³-hybridized carbons (Fsp3) is 0.444. The molecule has 1 aliphatic rings. The summed E-state index contributed by atoms with van der Waals surface area (Å²) in [6.07, 6.45) is 3.64. The molecule has 0 unspecified atom stereocenters. The Morgan fingerprint density at radius 2 is 2.08 bits per heavy atom. The van der Waals surface area contributed by atoms with Gasteiger partial charge >= 0.3 is 6.03 Å². The number of piperazine rings is 1. The summed E-state index contributed by atoms with van der Waals surface area (Å²) in [7, 11) is 1.67. The van der Waals surface area contributed by atoms with Crippen LogP contribution in [0.15, 0.2) is 42.7 Å². The van der Waals surface area contributed by atoms with Gasteiger partial charge in [0.15, 0.2) is 0 Å². The maximum atomic E-state index is 12.4. The second-order valence-corrected chi connectivity index (χ2v) is 6.25. The number of methoxy groups -OCH3 is 1. The highest BCUT2D eigenvalue weighted by molar-refractivity contribution is 5.74. The average Bonchev–Trinajstić information content (AvgIpc) is 3.14. The Kier molecular flexibility index (Phi) is 5.42. The Bertz CT molecular complexity index is 681. The quantitative estimate of drug-likeness (QED) is 0.899. The number of carbonyl (C=O) groups is 1. The first-order chi connectivity index (χ1) is 12.2. The van der Waals surface area contributed by atoms with E-state index in [2.05, 4.69) is 21.4 Å². The number of hydrogen-bond acceptors (Lipinski definition) is 4. The topological polar surface area (TPSA) is 62.6 Å². The lowest BCUT2D eigenvalue weighted by Crippen LogP contribution is -2.53. The van der Waals surface area contributed by atoms with Gasteiger partial charge in [0.2, 0.25) is 0 Å². The van der Waals surface area contributed by atoms with Crippen molar-refractivity contribution < 1.29 is 9.53 Å². The third kappa shape index (κ3) is 4.43. The van der Waals surface area contributed by atoms with Crippen molar-refractivity contribution >= 4 is 11.7 Å². The molecule has 2 heterocycles. The normalized spacial score (nSPS) is 15.8. The van der Waals surface area contributed by atoms with E-state index < -0.39 is 0 Å². The lowest BCUT2D eigenvalue weighted by molar-refractivity contribution is 0.189. The number of aromatic nitrogens is 2. The summed E-state index contributed by atoms with van der Waals surface area (Å²) < 4.78 is 7.11. The first kappa shape index (κ1) is 17.1. The molecule has 0 spiro atoms. The van der Waals surface area contributed by atoms with Crippen molar-refractivity contribution in [1.29, 1.82) is 0 Å². The molecule has 134 valence electrons. The zero-order chi connectivity index (χ0) is 17.6. The van der Waals surface area contributed by atoms with E-state index in [1.165, 1.54) is 0 Å². The molecule has 1 N–H and O–H groups in total. The van der Waals surface area contributed by atoms with Crippen molar-refractivity contribution in [2.75, 3.05) is 38.2 Å². The summed E-state index contributed by atoms with van der Waals surface area (Å²) in [5.74, 6) is 0.852. The first-order valence-corrected chi connectivity index (χ1v) is 8.57. The van der Waals surface area contributed by atoms with Crippen LogP contribution in [0.1, 0.15) is 6.92 Å². The zero-order valence-corrected chi connectivity index (χ0v) is 14.8. The van der Waals surface area contributed by atoms with Gasteiger partial charge in [-0.1, -0.05) is 6.07 Å². The van der Waals surface area contributed by atoms with Crippen LogP contribution in [0, 0.1) is 0 Å². The first-order valence-electron chi connectivity index (χ1n) is 8.57. The zero-order valence-electron chi connectivity index (χ0n) is 14.8. The predicted molar refractivity (Wildman–Crippen MR) is 97.0 cm³/mol. The van der Waals surface area contributed by atoms with Gasteiger partial charge in [-0.15, -0.1) is 0 Å². The van der Waals surface area contributed by atoms with Gasteiger partial charge in [-0.2, -0.15) is 5.10 Å². The number of anilines is 1. The molecule has 2 amide bonds. The van der Waals surface area contributed by atoms with E-state index in [1.54, 1.807) is 13.3 Å². The number of nitrogens with one attached hydrogen (secondary N) is 1. The molecule has 0 radical (unpaired) electrons. The highest BCUT2D eigenvalue weighted by Gasteiger charge is 2.22. The molecule has 7 heteroatoms. The number of hydrogen-bond donors (Lipinski definition) is 1. The van der Waals surface area contributed by atoms with Crippen molar-refractivity contribution in [1.82, 2.24) is 20.0 Å². The molecule has 1 fully saturated rings. The Morgan fingerprint density at radius 1 is 1.28 bits per heavy atom. The van der Waals surface area contributed by atoms with E-state index >= 15 is 0 Å². The Labute approximate surface area is 148 Å². The van der Waals surface area contributed by atoms with Gasteiger partial charge in [0.1, 0.15) is 5.75 Å². The standard InChI is InChI=1S/C18H25N5O2/c1-15(14-23-8-4-7-19-23)20-18(24)22-11-9-21(10-12-22)16-5-3-6-17(13-16)25-2/h3-8,13,15H,9-12,14H2,1-2H3,(H,20,24)/t15-/m0/s1. The van der Waals surface area contributed by atoms with Gasteiger partial charge in [0, 0.05) is 56.4 Å². The number of carbonyl (C=O) groups excluding carboxylic acids is 1. The molecule has 1 aromatic heterocycles. The Hall–Kier alpha value is -2.70. The van der Waals surface area contributed by atoms with E-state index in [0.717, 1.165) is 24.5 Å². The van der Waals surface area contributed by atoms with Crippen LogP contribution < -0.4 is 15.0 Å². The third-order valence-corrected chi connectivity index (χ3v) is 4.38. The number of urea groups is 1. The minimum Gasteiger partial charge on any atom is -0.497 e. The summed E-state index contributed by atoms with van der Waals surface area (Å²) in [4.78, 5) is 16.6.